The maximum atomic E-state index is 13.1. The number of carbonyl (C=O) groups is 1. The lowest BCUT2D eigenvalue weighted by atomic mass is 9.86. The van der Waals surface area contributed by atoms with Crippen LogP contribution in [-0.2, 0) is 17.6 Å². The van der Waals surface area contributed by atoms with Crippen molar-refractivity contribution in [1.82, 2.24) is 24.8 Å². The van der Waals surface area contributed by atoms with Crippen LogP contribution in [0.1, 0.15) is 16.9 Å². The molecule has 0 saturated carbocycles. The highest BCUT2D eigenvalue weighted by Crippen LogP contribution is 2.41. The molecule has 4 aromatic rings. The molecule has 1 aliphatic carbocycles. The molecule has 3 aromatic heterocycles. The maximum absolute atomic E-state index is 13.1. The summed E-state index contributed by atoms with van der Waals surface area (Å²) in [5.74, 6) is 1.13. The second-order valence-electron chi connectivity index (χ2n) is 8.82. The van der Waals surface area contributed by atoms with E-state index in [4.69, 9.17) is 0 Å². The average molecular weight is 481 g/mol. The summed E-state index contributed by atoms with van der Waals surface area (Å²) >= 11 is 2.88. The lowest BCUT2D eigenvalue weighted by Gasteiger charge is -2.35. The van der Waals surface area contributed by atoms with Gasteiger partial charge in [-0.3, -0.25) is 9.59 Å². The zero-order valence-corrected chi connectivity index (χ0v) is 19.9. The molecule has 10 heteroatoms. The molecule has 1 unspecified atom stereocenters. The van der Waals surface area contributed by atoms with Crippen molar-refractivity contribution in [3.63, 3.8) is 0 Å². The minimum Gasteiger partial charge on any atom is -0.340 e. The summed E-state index contributed by atoms with van der Waals surface area (Å²) < 4.78 is 0.910. The van der Waals surface area contributed by atoms with Crippen LogP contribution >= 0.6 is 22.7 Å². The summed E-state index contributed by atoms with van der Waals surface area (Å²) in [5.41, 5.74) is 3.00. The van der Waals surface area contributed by atoms with Crippen molar-refractivity contribution < 1.29 is 4.79 Å². The van der Waals surface area contributed by atoms with Gasteiger partial charge in [0.2, 0.25) is 5.91 Å². The average Bonchev–Trinajstić information content (AvgIpc) is 3.38. The number of carbonyl (C=O) groups excluding carboxylic acids is 1. The van der Waals surface area contributed by atoms with Crippen LogP contribution < -0.4 is 10.2 Å². The number of aromatic amines is 1. The molecule has 2 N–H and O–H groups in total. The van der Waals surface area contributed by atoms with E-state index < -0.39 is 0 Å². The number of piperazine rings is 1. The third kappa shape index (κ3) is 3.81. The van der Waals surface area contributed by atoms with Crippen LogP contribution in [0.5, 0.6) is 0 Å². The Hall–Kier alpha value is -2.82. The Bertz CT molecular complexity index is 1420. The number of rotatable bonds is 3. The molecule has 170 valence electrons. The molecule has 4 heterocycles. The van der Waals surface area contributed by atoms with Crippen LogP contribution in [0, 0.1) is 5.92 Å². The van der Waals surface area contributed by atoms with Gasteiger partial charge in [-0.2, -0.15) is 0 Å². The van der Waals surface area contributed by atoms with E-state index in [2.05, 4.69) is 32.2 Å². The second-order valence-corrected chi connectivity index (χ2v) is 10.9. The molecule has 33 heavy (non-hydrogen) atoms. The van der Waals surface area contributed by atoms with E-state index in [9.17, 15) is 9.59 Å². The van der Waals surface area contributed by atoms with E-state index in [1.807, 2.05) is 23.1 Å². The number of hydrogen-bond donors (Lipinski definition) is 2. The molecule has 1 aliphatic heterocycles. The largest absolute Gasteiger partial charge is 0.340 e. The SMILES string of the molecule is CN1CCN(C(=O)C2CCc3c(sc4ncnc(Nc5ccc6[nH]c(=O)sc6c5)c34)C2)CC1. The Morgan fingerprint density at radius 2 is 2.03 bits per heavy atom. The normalized spacial score (nSPS) is 19.2. The Morgan fingerprint density at radius 1 is 1.18 bits per heavy atom. The molecule has 8 nitrogen and oxygen atoms in total. The molecule has 1 fully saturated rings. The van der Waals surface area contributed by atoms with Gasteiger partial charge < -0.3 is 20.1 Å². The standard InChI is InChI=1S/C23H24N6O2S2/c1-28-6-8-29(9-7-28)22(30)13-2-4-15-17(10-13)32-21-19(15)20(24-12-25-21)26-14-3-5-16-18(11-14)33-23(31)27-16/h3,5,11-13H,2,4,6-10H2,1H3,(H,27,31)(H,24,25,26). The topological polar surface area (TPSA) is 94.2 Å². The molecule has 1 saturated heterocycles. The fraction of sp³-hybridized carbons (Fsp3) is 0.391. The highest BCUT2D eigenvalue weighted by Gasteiger charge is 2.32. The van der Waals surface area contributed by atoms with Crippen molar-refractivity contribution >= 4 is 60.5 Å². The van der Waals surface area contributed by atoms with Crippen LogP contribution in [0.25, 0.3) is 20.4 Å². The number of hydrogen-bond acceptors (Lipinski definition) is 8. The van der Waals surface area contributed by atoms with Crippen molar-refractivity contribution in [2.24, 2.45) is 5.92 Å². The quantitative estimate of drug-likeness (QED) is 0.468. The van der Waals surface area contributed by atoms with Crippen molar-refractivity contribution in [2.45, 2.75) is 19.3 Å². The number of benzene rings is 1. The number of nitrogens with one attached hydrogen (secondary N) is 2. The van der Waals surface area contributed by atoms with Crippen molar-refractivity contribution in [2.75, 3.05) is 38.5 Å². The minimum absolute atomic E-state index is 0.0529. The maximum Gasteiger partial charge on any atom is 0.305 e. The van der Waals surface area contributed by atoms with Gasteiger partial charge in [0, 0.05) is 42.7 Å². The van der Waals surface area contributed by atoms with Gasteiger partial charge in [-0.15, -0.1) is 11.3 Å². The third-order valence-electron chi connectivity index (χ3n) is 6.69. The molecule has 1 aromatic carbocycles. The van der Waals surface area contributed by atoms with E-state index in [-0.39, 0.29) is 10.8 Å². The van der Waals surface area contributed by atoms with Crippen LogP contribution in [0.15, 0.2) is 29.3 Å². The zero-order chi connectivity index (χ0) is 22.5. The number of nitrogens with zero attached hydrogens (tertiary/aromatic N) is 4. The van der Waals surface area contributed by atoms with Gasteiger partial charge in [0.25, 0.3) is 0 Å². The van der Waals surface area contributed by atoms with E-state index in [0.717, 1.165) is 77.4 Å². The summed E-state index contributed by atoms with van der Waals surface area (Å²) in [7, 11) is 2.11. The molecule has 0 bridgehead atoms. The summed E-state index contributed by atoms with van der Waals surface area (Å²) in [6.45, 7) is 3.54. The van der Waals surface area contributed by atoms with Gasteiger partial charge in [-0.05, 0) is 50.1 Å². The predicted octanol–water partition coefficient (Wildman–Crippen LogP) is 3.22. The van der Waals surface area contributed by atoms with E-state index in [1.165, 1.54) is 21.8 Å². The molecule has 1 atom stereocenters. The number of H-pyrrole nitrogens is 1. The first-order chi connectivity index (χ1) is 16.0. The molecule has 0 spiro atoms. The number of aromatic nitrogens is 3. The summed E-state index contributed by atoms with van der Waals surface area (Å²) in [6.07, 6.45) is 4.10. The summed E-state index contributed by atoms with van der Waals surface area (Å²) in [4.78, 5) is 43.2. The van der Waals surface area contributed by atoms with Gasteiger partial charge in [-0.25, -0.2) is 9.97 Å². The fourth-order valence-corrected chi connectivity index (χ4v) is 6.90. The third-order valence-corrected chi connectivity index (χ3v) is 8.70. The van der Waals surface area contributed by atoms with E-state index in [0.29, 0.717) is 5.91 Å². The first-order valence-corrected chi connectivity index (χ1v) is 12.8. The highest BCUT2D eigenvalue weighted by atomic mass is 32.1. The molecule has 0 radical (unpaired) electrons. The van der Waals surface area contributed by atoms with E-state index in [1.54, 1.807) is 17.7 Å². The lowest BCUT2D eigenvalue weighted by Crippen LogP contribution is -2.49. The number of fused-ring (bicyclic) bond motifs is 4. The Kier molecular flexibility index (Phi) is 5.16. The van der Waals surface area contributed by atoms with Crippen LogP contribution in [-0.4, -0.2) is 63.9 Å². The Labute approximate surface area is 198 Å². The number of thiazole rings is 1. The van der Waals surface area contributed by atoms with Gasteiger partial charge in [-0.1, -0.05) is 11.3 Å². The van der Waals surface area contributed by atoms with Crippen molar-refractivity contribution in [3.8, 4) is 0 Å². The van der Waals surface area contributed by atoms with Gasteiger partial charge in [0.05, 0.1) is 15.6 Å². The Balaban J connectivity index is 1.28. The first kappa shape index (κ1) is 20.8. The predicted molar refractivity (Wildman–Crippen MR) is 133 cm³/mol. The molecular formula is C23H24N6O2S2. The second kappa shape index (κ2) is 8.19. The molecule has 2 aliphatic rings. The van der Waals surface area contributed by atoms with E-state index >= 15 is 0 Å². The number of likely N-dealkylation sites (N-methyl/N-ethyl adjacent to an activating group) is 1. The number of thiophene rings is 1. The van der Waals surface area contributed by atoms with Gasteiger partial charge in [0.1, 0.15) is 17.0 Å². The smallest absolute Gasteiger partial charge is 0.305 e. The van der Waals surface area contributed by atoms with Crippen LogP contribution in [0.3, 0.4) is 0 Å². The van der Waals surface area contributed by atoms with Crippen LogP contribution in [0.2, 0.25) is 0 Å². The molecule has 6 rings (SSSR count). The molecular weight excluding hydrogens is 456 g/mol. The minimum atomic E-state index is -0.0563. The number of anilines is 2. The molecule has 1 amide bonds. The zero-order valence-electron chi connectivity index (χ0n) is 18.3. The van der Waals surface area contributed by atoms with Crippen LogP contribution in [0.4, 0.5) is 11.5 Å². The number of aryl methyl sites for hydroxylation is 1. The highest BCUT2D eigenvalue weighted by molar-refractivity contribution is 7.19. The van der Waals surface area contributed by atoms with Gasteiger partial charge in [0.15, 0.2) is 0 Å². The van der Waals surface area contributed by atoms with Gasteiger partial charge >= 0.3 is 4.87 Å². The summed E-state index contributed by atoms with van der Waals surface area (Å²) in [5, 5.41) is 4.50. The van der Waals surface area contributed by atoms with Crippen molar-refractivity contribution in [1.29, 1.82) is 0 Å². The lowest BCUT2D eigenvalue weighted by molar-refractivity contribution is -0.137. The first-order valence-electron chi connectivity index (χ1n) is 11.2. The summed E-state index contributed by atoms with van der Waals surface area (Å²) in [6, 6.07) is 5.82. The van der Waals surface area contributed by atoms with Crippen molar-refractivity contribution in [3.05, 3.63) is 44.6 Å². The number of amides is 1. The monoisotopic (exact) mass is 480 g/mol. The fourth-order valence-electron chi connectivity index (χ4n) is 4.86. The Morgan fingerprint density at radius 3 is 2.88 bits per heavy atom.